The summed E-state index contributed by atoms with van der Waals surface area (Å²) in [5, 5.41) is 0. The lowest BCUT2D eigenvalue weighted by Crippen LogP contribution is -2.39. The number of aromatic nitrogens is 5. The lowest BCUT2D eigenvalue weighted by molar-refractivity contribution is 0.541. The van der Waals surface area contributed by atoms with Gasteiger partial charge < -0.3 is 8.98 Å². The van der Waals surface area contributed by atoms with Crippen LogP contribution in [0.15, 0.2) is 38.3 Å². The molecule has 3 aromatic heterocycles. The Kier molecular flexibility index (Phi) is 5.22. The molecule has 160 valence electrons. The molecule has 0 radical (unpaired) electrons. The molecule has 0 aliphatic carbocycles. The Balaban J connectivity index is 1.71. The molecule has 0 saturated heterocycles. The summed E-state index contributed by atoms with van der Waals surface area (Å²) in [5.74, 6) is 2.02. The third-order valence-electron chi connectivity index (χ3n) is 5.52. The monoisotopic (exact) mass is 419 g/mol. The molecule has 0 atom stereocenters. The molecular weight excluding hydrogens is 394 g/mol. The van der Waals surface area contributed by atoms with Gasteiger partial charge >= 0.3 is 5.69 Å². The van der Waals surface area contributed by atoms with Gasteiger partial charge in [-0.15, -0.1) is 0 Å². The highest BCUT2D eigenvalue weighted by Crippen LogP contribution is 2.22. The topological polar surface area (TPSA) is 87.8 Å². The highest BCUT2D eigenvalue weighted by molar-refractivity contribution is 5.77. The summed E-state index contributed by atoms with van der Waals surface area (Å²) < 4.78 is 10.2. The summed E-state index contributed by atoms with van der Waals surface area (Å²) in [6.45, 7) is 8.23. The van der Waals surface area contributed by atoms with Crippen molar-refractivity contribution in [2.45, 2.75) is 40.8 Å². The molecule has 0 N–H and O–H groups in total. The number of benzene rings is 1. The van der Waals surface area contributed by atoms with Crippen molar-refractivity contribution in [1.82, 2.24) is 23.7 Å². The van der Waals surface area contributed by atoms with E-state index in [4.69, 9.17) is 4.42 Å². The van der Waals surface area contributed by atoms with E-state index < -0.39 is 0 Å². The number of aryl methyl sites for hydroxylation is 4. The van der Waals surface area contributed by atoms with E-state index in [1.54, 1.807) is 18.5 Å². The van der Waals surface area contributed by atoms with E-state index in [0.717, 1.165) is 22.6 Å². The summed E-state index contributed by atoms with van der Waals surface area (Å²) in [6.07, 6.45) is 3.76. The predicted octanol–water partition coefficient (Wildman–Crippen LogP) is 3.38. The minimum atomic E-state index is -0.330. The molecule has 0 amide bonds. The Morgan fingerprint density at radius 2 is 1.65 bits per heavy atom. The van der Waals surface area contributed by atoms with Crippen LogP contribution in [0, 0.1) is 13.8 Å². The molecule has 31 heavy (non-hydrogen) atoms. The SMILES string of the molecule is CCn1c(=O)c2c(nc(C=Cc3ccc(-c4nc(C)c(C)o4)cc3)n2C)n(CC)c1=O. The van der Waals surface area contributed by atoms with Gasteiger partial charge in [0.15, 0.2) is 11.2 Å². The van der Waals surface area contributed by atoms with Crippen LogP contribution in [0.5, 0.6) is 0 Å². The van der Waals surface area contributed by atoms with Crippen LogP contribution in [0.2, 0.25) is 0 Å². The summed E-state index contributed by atoms with van der Waals surface area (Å²) in [7, 11) is 1.79. The largest absolute Gasteiger partial charge is 0.441 e. The van der Waals surface area contributed by atoms with Gasteiger partial charge in [-0.2, -0.15) is 0 Å². The molecule has 0 unspecified atom stereocenters. The number of imidazole rings is 1. The second-order valence-corrected chi connectivity index (χ2v) is 7.39. The van der Waals surface area contributed by atoms with Crippen LogP contribution in [0.3, 0.4) is 0 Å². The summed E-state index contributed by atoms with van der Waals surface area (Å²) >= 11 is 0. The van der Waals surface area contributed by atoms with Crippen molar-refractivity contribution in [3.8, 4) is 11.5 Å². The van der Waals surface area contributed by atoms with Crippen molar-refractivity contribution >= 4 is 23.3 Å². The quantitative estimate of drug-likeness (QED) is 0.495. The first kappa shape index (κ1) is 20.6. The van der Waals surface area contributed by atoms with Gasteiger partial charge in [0.05, 0.1) is 5.69 Å². The Bertz CT molecular complexity index is 1400. The average Bonchev–Trinajstić information content (AvgIpc) is 3.26. The molecule has 0 aliphatic heterocycles. The number of rotatable bonds is 5. The van der Waals surface area contributed by atoms with Gasteiger partial charge in [-0.05, 0) is 51.5 Å². The fourth-order valence-corrected chi connectivity index (χ4v) is 3.60. The third kappa shape index (κ3) is 3.43. The highest BCUT2D eigenvalue weighted by Gasteiger charge is 2.17. The molecule has 8 nitrogen and oxygen atoms in total. The number of oxazole rings is 1. The molecule has 4 rings (SSSR count). The van der Waals surface area contributed by atoms with Gasteiger partial charge in [-0.25, -0.2) is 14.8 Å². The van der Waals surface area contributed by atoms with Gasteiger partial charge in [-0.3, -0.25) is 13.9 Å². The Morgan fingerprint density at radius 1 is 0.968 bits per heavy atom. The van der Waals surface area contributed by atoms with Gasteiger partial charge in [0.1, 0.15) is 11.6 Å². The van der Waals surface area contributed by atoms with Gasteiger partial charge in [0.2, 0.25) is 5.89 Å². The lowest BCUT2D eigenvalue weighted by atomic mass is 10.1. The van der Waals surface area contributed by atoms with E-state index in [-0.39, 0.29) is 11.2 Å². The van der Waals surface area contributed by atoms with Crippen LogP contribution in [-0.4, -0.2) is 23.7 Å². The zero-order valence-electron chi connectivity index (χ0n) is 18.3. The van der Waals surface area contributed by atoms with Crippen molar-refractivity contribution in [2.75, 3.05) is 0 Å². The molecule has 0 bridgehead atoms. The van der Waals surface area contributed by atoms with Crippen LogP contribution < -0.4 is 11.2 Å². The van der Waals surface area contributed by atoms with E-state index in [1.807, 2.05) is 57.2 Å². The average molecular weight is 419 g/mol. The number of fused-ring (bicyclic) bond motifs is 1. The molecule has 1 aromatic carbocycles. The first-order chi connectivity index (χ1) is 14.8. The minimum absolute atomic E-state index is 0.317. The van der Waals surface area contributed by atoms with Crippen LogP contribution in [0.4, 0.5) is 0 Å². The van der Waals surface area contributed by atoms with E-state index in [9.17, 15) is 9.59 Å². The van der Waals surface area contributed by atoms with Crippen LogP contribution in [0.25, 0.3) is 34.8 Å². The maximum Gasteiger partial charge on any atom is 0.332 e. The molecule has 0 aliphatic rings. The number of hydrogen-bond acceptors (Lipinski definition) is 5. The first-order valence-corrected chi connectivity index (χ1v) is 10.3. The molecule has 8 heteroatoms. The fourth-order valence-electron chi connectivity index (χ4n) is 3.60. The van der Waals surface area contributed by atoms with Gasteiger partial charge in [0, 0.05) is 25.7 Å². The lowest BCUT2D eigenvalue weighted by Gasteiger charge is -2.08. The first-order valence-electron chi connectivity index (χ1n) is 10.3. The minimum Gasteiger partial charge on any atom is -0.441 e. The zero-order chi connectivity index (χ0) is 22.3. The normalized spacial score (nSPS) is 11.8. The molecule has 3 heterocycles. The van der Waals surface area contributed by atoms with Crippen molar-refractivity contribution in [3.63, 3.8) is 0 Å². The molecule has 0 fully saturated rings. The van der Waals surface area contributed by atoms with Crippen LogP contribution in [-0.2, 0) is 20.1 Å². The molecule has 4 aromatic rings. The highest BCUT2D eigenvalue weighted by atomic mass is 16.4. The second kappa shape index (κ2) is 7.86. The molecule has 0 saturated carbocycles. The van der Waals surface area contributed by atoms with Gasteiger partial charge in [-0.1, -0.05) is 18.2 Å². The second-order valence-electron chi connectivity index (χ2n) is 7.39. The maximum absolute atomic E-state index is 12.8. The molecular formula is C23H25N5O3. The number of nitrogens with zero attached hydrogens (tertiary/aromatic N) is 5. The van der Waals surface area contributed by atoms with E-state index in [0.29, 0.717) is 36.0 Å². The van der Waals surface area contributed by atoms with Crippen molar-refractivity contribution in [2.24, 2.45) is 7.05 Å². The third-order valence-corrected chi connectivity index (χ3v) is 5.52. The van der Waals surface area contributed by atoms with Crippen molar-refractivity contribution in [3.05, 3.63) is 67.9 Å². The standard InChI is InChI=1S/C23H25N5O3/c1-6-27-20-19(22(29)28(7-2)23(27)30)26(5)18(25-20)13-10-16-8-11-17(12-9-16)21-24-14(3)15(4)31-21/h8-13H,6-7H2,1-5H3. The maximum atomic E-state index is 12.8. The van der Waals surface area contributed by atoms with E-state index >= 15 is 0 Å². The van der Waals surface area contributed by atoms with Crippen LogP contribution >= 0.6 is 0 Å². The Labute approximate surface area is 179 Å². The fraction of sp³-hybridized carbons (Fsp3) is 0.304. The smallest absolute Gasteiger partial charge is 0.332 e. The van der Waals surface area contributed by atoms with E-state index in [1.165, 1.54) is 9.13 Å². The number of hydrogen-bond donors (Lipinski definition) is 0. The summed E-state index contributed by atoms with van der Waals surface area (Å²) in [4.78, 5) is 34.4. The van der Waals surface area contributed by atoms with E-state index in [2.05, 4.69) is 9.97 Å². The zero-order valence-corrected chi connectivity index (χ0v) is 18.3. The summed E-state index contributed by atoms with van der Waals surface area (Å²) in [5.41, 5.74) is 2.94. The van der Waals surface area contributed by atoms with Crippen molar-refractivity contribution < 1.29 is 4.42 Å². The molecule has 0 spiro atoms. The van der Waals surface area contributed by atoms with Crippen molar-refractivity contribution in [1.29, 1.82) is 0 Å². The Morgan fingerprint density at radius 3 is 2.23 bits per heavy atom. The van der Waals surface area contributed by atoms with Crippen LogP contribution in [0.1, 0.15) is 36.7 Å². The summed E-state index contributed by atoms with van der Waals surface area (Å²) in [6, 6.07) is 7.84. The van der Waals surface area contributed by atoms with Gasteiger partial charge in [0.25, 0.3) is 5.56 Å². The predicted molar refractivity (Wildman–Crippen MR) is 121 cm³/mol. The Hall–Kier alpha value is -3.68.